The van der Waals surface area contributed by atoms with Gasteiger partial charge in [0.25, 0.3) is 0 Å². The maximum Gasteiger partial charge on any atom is 0.319 e. The molecule has 0 saturated carbocycles. The molecule has 2 aliphatic heterocycles. The van der Waals surface area contributed by atoms with Crippen LogP contribution in [-0.4, -0.2) is 29.1 Å². The third-order valence-electron chi connectivity index (χ3n) is 5.79. The van der Waals surface area contributed by atoms with E-state index in [0.717, 1.165) is 19.4 Å². The van der Waals surface area contributed by atoms with Crippen molar-refractivity contribution in [1.29, 1.82) is 0 Å². The number of nitrogens with zero attached hydrogens (tertiary/aromatic N) is 1. The van der Waals surface area contributed by atoms with Crippen molar-refractivity contribution < 1.29 is 9.18 Å². The number of anilines is 1. The Morgan fingerprint density at radius 1 is 1.00 bits per heavy atom. The molecule has 4 nitrogen and oxygen atoms in total. The van der Waals surface area contributed by atoms with Crippen molar-refractivity contribution in [1.82, 2.24) is 10.2 Å². The molecule has 5 heteroatoms. The average Bonchev–Trinajstić information content (AvgIpc) is 2.65. The van der Waals surface area contributed by atoms with Gasteiger partial charge in [-0.25, -0.2) is 9.18 Å². The minimum absolute atomic E-state index is 0.138. The Labute approximate surface area is 159 Å². The molecule has 2 amide bonds. The second kappa shape index (κ2) is 8.09. The molecule has 0 spiro atoms. The zero-order valence-electron chi connectivity index (χ0n) is 15.4. The van der Waals surface area contributed by atoms with E-state index in [1.807, 2.05) is 0 Å². The summed E-state index contributed by atoms with van der Waals surface area (Å²) in [7, 11) is 0. The van der Waals surface area contributed by atoms with Gasteiger partial charge in [-0.05, 0) is 43.4 Å². The number of amides is 2. The lowest BCUT2D eigenvalue weighted by atomic mass is 9.81. The zero-order valence-corrected chi connectivity index (χ0v) is 15.4. The van der Waals surface area contributed by atoms with E-state index in [0.29, 0.717) is 12.1 Å². The van der Waals surface area contributed by atoms with Crippen LogP contribution in [0.5, 0.6) is 0 Å². The fraction of sp³-hybridized carbons (Fsp3) is 0.409. The molecule has 2 aromatic carbocycles. The topological polar surface area (TPSA) is 44.4 Å². The van der Waals surface area contributed by atoms with Gasteiger partial charge in [-0.1, -0.05) is 48.9 Å². The van der Waals surface area contributed by atoms with Crippen molar-refractivity contribution >= 4 is 11.7 Å². The van der Waals surface area contributed by atoms with Gasteiger partial charge in [-0.2, -0.15) is 0 Å². The van der Waals surface area contributed by atoms with Gasteiger partial charge < -0.3 is 10.6 Å². The predicted octanol–water partition coefficient (Wildman–Crippen LogP) is 4.53. The number of benzene rings is 2. The third-order valence-corrected chi connectivity index (χ3v) is 5.79. The molecule has 2 N–H and O–H groups in total. The Morgan fingerprint density at radius 3 is 2.37 bits per heavy atom. The Hall–Kier alpha value is -2.40. The van der Waals surface area contributed by atoms with Crippen molar-refractivity contribution in [3.8, 4) is 0 Å². The van der Waals surface area contributed by atoms with Crippen LogP contribution in [-0.2, 0) is 6.54 Å². The molecule has 0 aliphatic carbocycles. The van der Waals surface area contributed by atoms with Gasteiger partial charge in [0.2, 0.25) is 0 Å². The molecular formula is C22H26FN3O. The van der Waals surface area contributed by atoms with Crippen molar-refractivity contribution in [3.05, 3.63) is 66.0 Å². The molecule has 4 rings (SSSR count). The number of para-hydroxylation sites is 1. The molecule has 2 aliphatic rings. The molecule has 2 aromatic rings. The van der Waals surface area contributed by atoms with E-state index >= 15 is 0 Å². The van der Waals surface area contributed by atoms with Crippen molar-refractivity contribution in [2.45, 2.75) is 56.8 Å². The Kier molecular flexibility index (Phi) is 5.39. The first-order valence-electron chi connectivity index (χ1n) is 9.81. The molecule has 2 heterocycles. The Bertz CT molecular complexity index is 768. The first-order valence-corrected chi connectivity index (χ1v) is 9.81. The second-order valence-corrected chi connectivity index (χ2v) is 7.64. The largest absolute Gasteiger partial charge is 0.335 e. The number of hydrogen-bond acceptors (Lipinski definition) is 2. The average molecular weight is 367 g/mol. The molecule has 2 saturated heterocycles. The van der Waals surface area contributed by atoms with E-state index in [1.165, 1.54) is 30.9 Å². The number of carbonyl (C=O) groups is 1. The van der Waals surface area contributed by atoms with Crippen LogP contribution >= 0.6 is 0 Å². The van der Waals surface area contributed by atoms with E-state index in [9.17, 15) is 9.18 Å². The van der Waals surface area contributed by atoms with Crippen LogP contribution in [0.2, 0.25) is 0 Å². The molecule has 142 valence electrons. The molecule has 0 radical (unpaired) electrons. The summed E-state index contributed by atoms with van der Waals surface area (Å²) < 4.78 is 13.7. The fourth-order valence-electron chi connectivity index (χ4n) is 4.56. The molecule has 0 aromatic heterocycles. The number of rotatable bonds is 4. The summed E-state index contributed by atoms with van der Waals surface area (Å²) in [5.74, 6) is -0.415. The van der Waals surface area contributed by atoms with Crippen LogP contribution in [0.1, 0.15) is 37.7 Å². The minimum atomic E-state index is -0.415. The SMILES string of the molecule is O=C(Nc1ccccc1F)NC1CC2CCCC(C1)N2Cc1ccccc1. The summed E-state index contributed by atoms with van der Waals surface area (Å²) in [6.07, 6.45) is 5.52. The Balaban J connectivity index is 1.37. The molecule has 2 atom stereocenters. The standard InChI is InChI=1S/C22H26FN3O/c23-20-11-4-5-12-21(20)25-22(27)24-17-13-18-9-6-10-19(14-17)26(18)15-16-7-2-1-3-8-16/h1-5,7-8,11-12,17-19H,6,9-10,13-15H2,(H2,24,25,27). The lowest BCUT2D eigenvalue weighted by molar-refractivity contribution is 0.0200. The summed E-state index contributed by atoms with van der Waals surface area (Å²) >= 11 is 0. The highest BCUT2D eigenvalue weighted by atomic mass is 19.1. The van der Waals surface area contributed by atoms with Gasteiger partial charge in [-0.15, -0.1) is 0 Å². The van der Waals surface area contributed by atoms with Crippen LogP contribution in [0.4, 0.5) is 14.9 Å². The summed E-state index contributed by atoms with van der Waals surface area (Å²) in [6, 6.07) is 17.7. The normalized spacial score (nSPS) is 25.0. The quantitative estimate of drug-likeness (QED) is 0.834. The highest BCUT2D eigenvalue weighted by Gasteiger charge is 2.38. The number of hydrogen-bond donors (Lipinski definition) is 2. The molecule has 2 unspecified atom stereocenters. The second-order valence-electron chi connectivity index (χ2n) is 7.64. The lowest BCUT2D eigenvalue weighted by Crippen LogP contribution is -2.56. The maximum atomic E-state index is 13.7. The molecular weight excluding hydrogens is 341 g/mol. The summed E-state index contributed by atoms with van der Waals surface area (Å²) in [4.78, 5) is 14.9. The monoisotopic (exact) mass is 367 g/mol. The number of urea groups is 1. The van der Waals surface area contributed by atoms with Crippen LogP contribution in [0.25, 0.3) is 0 Å². The van der Waals surface area contributed by atoms with Crippen molar-refractivity contribution in [2.24, 2.45) is 0 Å². The third kappa shape index (κ3) is 4.30. The molecule has 2 bridgehead atoms. The minimum Gasteiger partial charge on any atom is -0.335 e. The Morgan fingerprint density at radius 2 is 1.67 bits per heavy atom. The van der Waals surface area contributed by atoms with E-state index in [2.05, 4.69) is 45.9 Å². The first-order chi connectivity index (χ1) is 13.2. The van der Waals surface area contributed by atoms with Crippen LogP contribution in [0.3, 0.4) is 0 Å². The number of fused-ring (bicyclic) bond motifs is 2. The summed E-state index contributed by atoms with van der Waals surface area (Å²) in [5.41, 5.74) is 1.56. The number of halogens is 1. The number of carbonyl (C=O) groups excluding carboxylic acids is 1. The lowest BCUT2D eigenvalue weighted by Gasteiger charge is -2.49. The van der Waals surface area contributed by atoms with Crippen molar-refractivity contribution in [2.75, 3.05) is 5.32 Å². The molecule has 27 heavy (non-hydrogen) atoms. The fourth-order valence-corrected chi connectivity index (χ4v) is 4.56. The van der Waals surface area contributed by atoms with Crippen LogP contribution < -0.4 is 10.6 Å². The van der Waals surface area contributed by atoms with Gasteiger partial charge in [-0.3, -0.25) is 4.90 Å². The number of piperidine rings is 2. The van der Waals surface area contributed by atoms with Crippen LogP contribution in [0, 0.1) is 5.82 Å². The van der Waals surface area contributed by atoms with Gasteiger partial charge in [0, 0.05) is 24.7 Å². The van der Waals surface area contributed by atoms with Gasteiger partial charge >= 0.3 is 6.03 Å². The van der Waals surface area contributed by atoms with Gasteiger partial charge in [0.1, 0.15) is 5.82 Å². The maximum absolute atomic E-state index is 13.7. The highest BCUT2D eigenvalue weighted by Crippen LogP contribution is 2.35. The highest BCUT2D eigenvalue weighted by molar-refractivity contribution is 5.89. The van der Waals surface area contributed by atoms with Gasteiger partial charge in [0.15, 0.2) is 0 Å². The smallest absolute Gasteiger partial charge is 0.319 e. The summed E-state index contributed by atoms with van der Waals surface area (Å²) in [5, 5.41) is 5.70. The van der Waals surface area contributed by atoms with Crippen molar-refractivity contribution in [3.63, 3.8) is 0 Å². The van der Waals surface area contributed by atoms with E-state index in [-0.39, 0.29) is 17.8 Å². The molecule has 2 fully saturated rings. The van der Waals surface area contributed by atoms with E-state index < -0.39 is 5.82 Å². The van der Waals surface area contributed by atoms with E-state index in [4.69, 9.17) is 0 Å². The van der Waals surface area contributed by atoms with E-state index in [1.54, 1.807) is 18.2 Å². The first kappa shape index (κ1) is 18.0. The van der Waals surface area contributed by atoms with Crippen LogP contribution in [0.15, 0.2) is 54.6 Å². The summed E-state index contributed by atoms with van der Waals surface area (Å²) in [6.45, 7) is 0.977. The zero-order chi connectivity index (χ0) is 18.6. The number of nitrogens with one attached hydrogen (secondary N) is 2. The van der Waals surface area contributed by atoms with Gasteiger partial charge in [0.05, 0.1) is 5.69 Å². The predicted molar refractivity (Wildman–Crippen MR) is 105 cm³/mol.